The minimum Gasteiger partial charge on any atom is -0.0795 e. The Hall–Kier alpha value is -0.560. The molecule has 1 aromatic rings. The standard InChI is InChI=1S/C12H13Br/c1-2-4-10-8-7-9-5-3-6-11(9)12(10)13/h3,6-8H,2,4-5H2,1H3. The summed E-state index contributed by atoms with van der Waals surface area (Å²) in [5.74, 6) is 0. The van der Waals surface area contributed by atoms with E-state index in [1.807, 2.05) is 0 Å². The van der Waals surface area contributed by atoms with Gasteiger partial charge in [-0.1, -0.05) is 37.6 Å². The Morgan fingerprint density at radius 2 is 2.23 bits per heavy atom. The van der Waals surface area contributed by atoms with Crippen molar-refractivity contribution in [2.24, 2.45) is 0 Å². The molecule has 0 fully saturated rings. The van der Waals surface area contributed by atoms with Gasteiger partial charge in [-0.05, 0) is 45.5 Å². The molecule has 0 amide bonds. The van der Waals surface area contributed by atoms with Crippen LogP contribution in [0.1, 0.15) is 30.0 Å². The first-order chi connectivity index (χ1) is 6.33. The summed E-state index contributed by atoms with van der Waals surface area (Å²) in [6, 6.07) is 4.50. The van der Waals surface area contributed by atoms with Crippen LogP contribution in [0.2, 0.25) is 0 Å². The zero-order valence-corrected chi connectivity index (χ0v) is 9.39. The summed E-state index contributed by atoms with van der Waals surface area (Å²) in [6.45, 7) is 2.22. The maximum atomic E-state index is 3.68. The van der Waals surface area contributed by atoms with Crippen molar-refractivity contribution < 1.29 is 0 Å². The number of benzene rings is 1. The first-order valence-electron chi connectivity index (χ1n) is 4.79. The molecule has 0 spiro atoms. The molecule has 0 radical (unpaired) electrons. The van der Waals surface area contributed by atoms with E-state index < -0.39 is 0 Å². The molecule has 1 heteroatoms. The highest BCUT2D eigenvalue weighted by atomic mass is 79.9. The molecule has 2 rings (SSSR count). The predicted molar refractivity (Wildman–Crippen MR) is 60.9 cm³/mol. The van der Waals surface area contributed by atoms with E-state index in [-0.39, 0.29) is 0 Å². The molecule has 1 aliphatic carbocycles. The van der Waals surface area contributed by atoms with Gasteiger partial charge in [-0.2, -0.15) is 0 Å². The summed E-state index contributed by atoms with van der Waals surface area (Å²) in [4.78, 5) is 0. The van der Waals surface area contributed by atoms with E-state index in [9.17, 15) is 0 Å². The molecule has 0 nitrogen and oxygen atoms in total. The Morgan fingerprint density at radius 1 is 1.38 bits per heavy atom. The fraction of sp³-hybridized carbons (Fsp3) is 0.333. The fourth-order valence-electron chi connectivity index (χ4n) is 1.80. The van der Waals surface area contributed by atoms with Gasteiger partial charge in [0.2, 0.25) is 0 Å². The van der Waals surface area contributed by atoms with Gasteiger partial charge in [0.05, 0.1) is 0 Å². The molecule has 68 valence electrons. The minimum atomic E-state index is 1.10. The monoisotopic (exact) mass is 236 g/mol. The number of hydrogen-bond donors (Lipinski definition) is 0. The summed E-state index contributed by atoms with van der Waals surface area (Å²) in [5, 5.41) is 0. The van der Waals surface area contributed by atoms with Crippen LogP contribution in [0.3, 0.4) is 0 Å². The van der Waals surface area contributed by atoms with E-state index in [0.717, 1.165) is 6.42 Å². The highest BCUT2D eigenvalue weighted by Gasteiger charge is 2.10. The molecular weight excluding hydrogens is 224 g/mol. The van der Waals surface area contributed by atoms with Crippen LogP contribution in [0.15, 0.2) is 22.7 Å². The van der Waals surface area contributed by atoms with Gasteiger partial charge in [0.15, 0.2) is 0 Å². The van der Waals surface area contributed by atoms with E-state index in [4.69, 9.17) is 0 Å². The molecule has 13 heavy (non-hydrogen) atoms. The average Bonchev–Trinajstić information content (AvgIpc) is 2.58. The van der Waals surface area contributed by atoms with Crippen LogP contribution in [-0.4, -0.2) is 0 Å². The summed E-state index contributed by atoms with van der Waals surface area (Å²) in [5.41, 5.74) is 4.28. The number of fused-ring (bicyclic) bond motifs is 1. The molecule has 0 aliphatic heterocycles. The SMILES string of the molecule is CCCc1ccc2c(c1Br)C=CC2. The van der Waals surface area contributed by atoms with E-state index in [2.05, 4.69) is 47.1 Å². The van der Waals surface area contributed by atoms with E-state index in [0.29, 0.717) is 0 Å². The van der Waals surface area contributed by atoms with Crippen molar-refractivity contribution in [2.75, 3.05) is 0 Å². The van der Waals surface area contributed by atoms with Gasteiger partial charge in [-0.15, -0.1) is 0 Å². The van der Waals surface area contributed by atoms with Crippen molar-refractivity contribution in [1.82, 2.24) is 0 Å². The average molecular weight is 237 g/mol. The van der Waals surface area contributed by atoms with E-state index in [1.54, 1.807) is 0 Å². The number of allylic oxidation sites excluding steroid dienone is 1. The summed E-state index contributed by atoms with van der Waals surface area (Å²) >= 11 is 3.68. The highest BCUT2D eigenvalue weighted by molar-refractivity contribution is 9.10. The second kappa shape index (κ2) is 3.67. The zero-order valence-electron chi connectivity index (χ0n) is 7.81. The van der Waals surface area contributed by atoms with Crippen LogP contribution in [0.25, 0.3) is 6.08 Å². The Bertz CT molecular complexity index is 350. The van der Waals surface area contributed by atoms with Crippen LogP contribution in [0, 0.1) is 0 Å². The largest absolute Gasteiger partial charge is 0.0795 e. The lowest BCUT2D eigenvalue weighted by Crippen LogP contribution is -1.90. The van der Waals surface area contributed by atoms with E-state index >= 15 is 0 Å². The van der Waals surface area contributed by atoms with Crippen molar-refractivity contribution in [3.63, 3.8) is 0 Å². The molecule has 0 unspecified atom stereocenters. The predicted octanol–water partition coefficient (Wildman–Crippen LogP) is 3.97. The number of hydrogen-bond acceptors (Lipinski definition) is 0. The highest BCUT2D eigenvalue weighted by Crippen LogP contribution is 2.31. The van der Waals surface area contributed by atoms with Crippen molar-refractivity contribution in [1.29, 1.82) is 0 Å². The normalized spacial score (nSPS) is 13.4. The molecule has 0 N–H and O–H groups in total. The van der Waals surface area contributed by atoms with Crippen molar-refractivity contribution in [2.45, 2.75) is 26.2 Å². The Balaban J connectivity index is 2.45. The van der Waals surface area contributed by atoms with Gasteiger partial charge in [-0.3, -0.25) is 0 Å². The lowest BCUT2D eigenvalue weighted by molar-refractivity contribution is 0.915. The number of aryl methyl sites for hydroxylation is 1. The number of halogens is 1. The van der Waals surface area contributed by atoms with Gasteiger partial charge >= 0.3 is 0 Å². The molecule has 0 atom stereocenters. The maximum Gasteiger partial charge on any atom is 0.0282 e. The van der Waals surface area contributed by atoms with Gasteiger partial charge in [0, 0.05) is 4.47 Å². The maximum absolute atomic E-state index is 3.68. The second-order valence-electron chi connectivity index (χ2n) is 3.47. The lowest BCUT2D eigenvalue weighted by Gasteiger charge is -2.07. The van der Waals surface area contributed by atoms with Crippen molar-refractivity contribution >= 4 is 22.0 Å². The summed E-state index contributed by atoms with van der Waals surface area (Å²) < 4.78 is 1.31. The lowest BCUT2D eigenvalue weighted by atomic mass is 10.0. The van der Waals surface area contributed by atoms with Crippen molar-refractivity contribution in [3.8, 4) is 0 Å². The smallest absolute Gasteiger partial charge is 0.0282 e. The fourth-order valence-corrected chi connectivity index (χ4v) is 2.52. The molecule has 1 aromatic carbocycles. The molecular formula is C12H13Br. The van der Waals surface area contributed by atoms with Gasteiger partial charge in [0.1, 0.15) is 0 Å². The molecule has 0 bridgehead atoms. The van der Waals surface area contributed by atoms with Crippen LogP contribution in [0.5, 0.6) is 0 Å². The summed E-state index contributed by atoms with van der Waals surface area (Å²) in [7, 11) is 0. The van der Waals surface area contributed by atoms with Crippen LogP contribution >= 0.6 is 15.9 Å². The van der Waals surface area contributed by atoms with Gasteiger partial charge < -0.3 is 0 Å². The number of rotatable bonds is 2. The molecule has 1 aliphatic rings. The first kappa shape index (κ1) is 9.01. The van der Waals surface area contributed by atoms with Crippen LogP contribution < -0.4 is 0 Å². The third-order valence-electron chi connectivity index (χ3n) is 2.49. The Kier molecular flexibility index (Phi) is 2.54. The third-order valence-corrected chi connectivity index (χ3v) is 3.43. The third kappa shape index (κ3) is 1.58. The molecule has 0 saturated heterocycles. The van der Waals surface area contributed by atoms with Crippen LogP contribution in [-0.2, 0) is 12.8 Å². The molecule has 0 heterocycles. The first-order valence-corrected chi connectivity index (χ1v) is 5.59. The Morgan fingerprint density at radius 3 is 3.00 bits per heavy atom. The van der Waals surface area contributed by atoms with Gasteiger partial charge in [0.25, 0.3) is 0 Å². The van der Waals surface area contributed by atoms with Crippen molar-refractivity contribution in [3.05, 3.63) is 39.4 Å². The topological polar surface area (TPSA) is 0 Å². The minimum absolute atomic E-state index is 1.10. The Labute approximate surface area is 87.8 Å². The quantitative estimate of drug-likeness (QED) is 0.730. The summed E-state index contributed by atoms with van der Waals surface area (Å²) in [6.07, 6.45) is 7.92. The second-order valence-corrected chi connectivity index (χ2v) is 4.26. The van der Waals surface area contributed by atoms with Crippen LogP contribution in [0.4, 0.5) is 0 Å². The molecule has 0 saturated carbocycles. The molecule has 0 aromatic heterocycles. The zero-order chi connectivity index (χ0) is 9.26. The van der Waals surface area contributed by atoms with Gasteiger partial charge in [-0.25, -0.2) is 0 Å². The van der Waals surface area contributed by atoms with E-state index in [1.165, 1.54) is 34.0 Å².